The van der Waals surface area contributed by atoms with Crippen molar-refractivity contribution in [2.24, 2.45) is 0 Å². The van der Waals surface area contributed by atoms with E-state index >= 15 is 0 Å². The van der Waals surface area contributed by atoms with Crippen LogP contribution in [-0.2, 0) is 0 Å². The molecule has 16 heavy (non-hydrogen) atoms. The maximum atomic E-state index is 9.01. The third kappa shape index (κ3) is 1.48. The maximum Gasteiger partial charge on any atom is 0.129 e. The van der Waals surface area contributed by atoms with Crippen LogP contribution in [0.1, 0.15) is 11.3 Å². The highest BCUT2D eigenvalue weighted by Crippen LogP contribution is 2.34. The molecule has 0 aliphatic rings. The molecule has 0 saturated carbocycles. The van der Waals surface area contributed by atoms with Gasteiger partial charge in [0.15, 0.2) is 0 Å². The standard InChI is InChI=1S/C12H9ClN2O/c1-7-8(6-14)12(13)11-9(15-7)4-3-5-10(11)16-2/h3-5H,1-2H3. The fourth-order valence-electron chi connectivity index (χ4n) is 1.65. The number of fused-ring (bicyclic) bond motifs is 1. The lowest BCUT2D eigenvalue weighted by Crippen LogP contribution is -1.94. The molecule has 0 aliphatic heterocycles. The Morgan fingerprint density at radius 1 is 1.44 bits per heavy atom. The maximum absolute atomic E-state index is 9.01. The van der Waals surface area contributed by atoms with Gasteiger partial charge in [-0.3, -0.25) is 4.98 Å². The van der Waals surface area contributed by atoms with Crippen LogP contribution < -0.4 is 4.74 Å². The average Bonchev–Trinajstić information content (AvgIpc) is 2.28. The van der Waals surface area contributed by atoms with Crippen molar-refractivity contribution in [2.45, 2.75) is 6.92 Å². The molecule has 0 radical (unpaired) electrons. The first-order valence-electron chi connectivity index (χ1n) is 4.72. The summed E-state index contributed by atoms with van der Waals surface area (Å²) in [6.07, 6.45) is 0. The largest absolute Gasteiger partial charge is 0.496 e. The number of hydrogen-bond acceptors (Lipinski definition) is 3. The first kappa shape index (κ1) is 10.7. The van der Waals surface area contributed by atoms with Crippen LogP contribution in [0, 0.1) is 18.3 Å². The fourth-order valence-corrected chi connectivity index (χ4v) is 2.02. The molecule has 0 spiro atoms. The first-order chi connectivity index (χ1) is 7.69. The summed E-state index contributed by atoms with van der Waals surface area (Å²) in [5, 5.41) is 10.1. The number of aromatic nitrogens is 1. The fraction of sp³-hybridized carbons (Fsp3) is 0.167. The van der Waals surface area contributed by atoms with Gasteiger partial charge >= 0.3 is 0 Å². The minimum Gasteiger partial charge on any atom is -0.496 e. The van der Waals surface area contributed by atoms with Gasteiger partial charge in [0.25, 0.3) is 0 Å². The van der Waals surface area contributed by atoms with Crippen LogP contribution >= 0.6 is 11.6 Å². The quantitative estimate of drug-likeness (QED) is 0.759. The Bertz CT molecular complexity index is 602. The lowest BCUT2D eigenvalue weighted by atomic mass is 10.1. The van der Waals surface area contributed by atoms with Gasteiger partial charge in [-0.25, -0.2) is 0 Å². The van der Waals surface area contributed by atoms with E-state index in [0.717, 1.165) is 5.52 Å². The van der Waals surface area contributed by atoms with E-state index in [1.807, 2.05) is 12.1 Å². The molecule has 0 N–H and O–H groups in total. The zero-order valence-corrected chi connectivity index (χ0v) is 9.67. The number of halogens is 1. The zero-order chi connectivity index (χ0) is 11.7. The number of ether oxygens (including phenoxy) is 1. The Morgan fingerprint density at radius 2 is 2.19 bits per heavy atom. The second kappa shape index (κ2) is 3.99. The van der Waals surface area contributed by atoms with Gasteiger partial charge in [0, 0.05) is 0 Å². The number of nitriles is 1. The van der Waals surface area contributed by atoms with Gasteiger partial charge in [-0.2, -0.15) is 5.26 Å². The lowest BCUT2D eigenvalue weighted by Gasteiger charge is -2.09. The van der Waals surface area contributed by atoms with Crippen LogP contribution in [0.4, 0.5) is 0 Å². The molecule has 0 saturated heterocycles. The van der Waals surface area contributed by atoms with E-state index in [1.54, 1.807) is 20.1 Å². The Labute approximate surface area is 98.2 Å². The number of methoxy groups -OCH3 is 1. The summed E-state index contributed by atoms with van der Waals surface area (Å²) < 4.78 is 5.21. The number of nitrogens with zero attached hydrogens (tertiary/aromatic N) is 2. The molecule has 0 unspecified atom stereocenters. The predicted molar refractivity (Wildman–Crippen MR) is 62.8 cm³/mol. The summed E-state index contributed by atoms with van der Waals surface area (Å²) in [5.74, 6) is 0.631. The van der Waals surface area contributed by atoms with E-state index < -0.39 is 0 Å². The van der Waals surface area contributed by atoms with Crippen molar-refractivity contribution in [3.8, 4) is 11.8 Å². The monoisotopic (exact) mass is 232 g/mol. The van der Waals surface area contributed by atoms with Crippen molar-refractivity contribution in [2.75, 3.05) is 7.11 Å². The van der Waals surface area contributed by atoms with E-state index in [9.17, 15) is 0 Å². The molecule has 0 atom stereocenters. The summed E-state index contributed by atoms with van der Waals surface area (Å²) in [5.41, 5.74) is 1.77. The van der Waals surface area contributed by atoms with Gasteiger partial charge in [-0.1, -0.05) is 17.7 Å². The van der Waals surface area contributed by atoms with E-state index in [-0.39, 0.29) is 0 Å². The van der Waals surface area contributed by atoms with Crippen molar-refractivity contribution in [3.63, 3.8) is 0 Å². The van der Waals surface area contributed by atoms with Crippen LogP contribution in [0.2, 0.25) is 5.02 Å². The van der Waals surface area contributed by atoms with Crippen molar-refractivity contribution in [1.29, 1.82) is 5.26 Å². The molecule has 0 amide bonds. The van der Waals surface area contributed by atoms with Crippen molar-refractivity contribution in [3.05, 3.63) is 34.5 Å². The van der Waals surface area contributed by atoms with Crippen LogP contribution in [0.5, 0.6) is 5.75 Å². The van der Waals surface area contributed by atoms with Gasteiger partial charge in [-0.05, 0) is 19.1 Å². The molecule has 1 aromatic heterocycles. The SMILES string of the molecule is COc1cccc2nc(C)c(C#N)c(Cl)c12. The van der Waals surface area contributed by atoms with Crippen LogP contribution in [-0.4, -0.2) is 12.1 Å². The smallest absolute Gasteiger partial charge is 0.129 e. The van der Waals surface area contributed by atoms with Gasteiger partial charge in [-0.15, -0.1) is 0 Å². The third-order valence-electron chi connectivity index (χ3n) is 2.42. The summed E-state index contributed by atoms with van der Waals surface area (Å²) in [4.78, 5) is 4.33. The Kier molecular flexibility index (Phi) is 2.67. The predicted octanol–water partition coefficient (Wildman–Crippen LogP) is 3.08. The van der Waals surface area contributed by atoms with E-state index in [1.165, 1.54) is 0 Å². The van der Waals surface area contributed by atoms with Crippen molar-refractivity contribution >= 4 is 22.5 Å². The summed E-state index contributed by atoms with van der Waals surface area (Å²) in [6, 6.07) is 7.54. The molecule has 2 rings (SSSR count). The molecule has 1 aromatic carbocycles. The zero-order valence-electron chi connectivity index (χ0n) is 8.91. The molecule has 0 fully saturated rings. The van der Waals surface area contributed by atoms with Gasteiger partial charge in [0.1, 0.15) is 11.8 Å². The minimum atomic E-state index is 0.402. The minimum absolute atomic E-state index is 0.402. The molecule has 4 heteroatoms. The number of aryl methyl sites for hydroxylation is 1. The summed E-state index contributed by atoms with van der Waals surface area (Å²) in [6.45, 7) is 1.77. The molecule has 0 aliphatic carbocycles. The van der Waals surface area contributed by atoms with Crippen molar-refractivity contribution < 1.29 is 4.74 Å². The molecule has 1 heterocycles. The van der Waals surface area contributed by atoms with Crippen LogP contribution in [0.15, 0.2) is 18.2 Å². The molecular formula is C12H9ClN2O. The number of benzene rings is 1. The Hall–Kier alpha value is -1.79. The number of hydrogen-bond donors (Lipinski definition) is 0. The highest BCUT2D eigenvalue weighted by Gasteiger charge is 2.13. The summed E-state index contributed by atoms with van der Waals surface area (Å²) in [7, 11) is 1.57. The normalized spacial score (nSPS) is 10.1. The topological polar surface area (TPSA) is 45.9 Å². The van der Waals surface area contributed by atoms with E-state index in [0.29, 0.717) is 27.4 Å². The summed E-state index contributed by atoms with van der Waals surface area (Å²) >= 11 is 6.19. The second-order valence-corrected chi connectivity index (χ2v) is 3.73. The van der Waals surface area contributed by atoms with Crippen molar-refractivity contribution in [1.82, 2.24) is 4.98 Å². The molecular weight excluding hydrogens is 224 g/mol. The highest BCUT2D eigenvalue weighted by atomic mass is 35.5. The Morgan fingerprint density at radius 3 is 2.81 bits per heavy atom. The molecule has 2 aromatic rings. The number of rotatable bonds is 1. The molecule has 3 nitrogen and oxygen atoms in total. The van der Waals surface area contributed by atoms with Gasteiger partial charge in [0.05, 0.1) is 34.3 Å². The lowest BCUT2D eigenvalue weighted by molar-refractivity contribution is 0.420. The van der Waals surface area contributed by atoms with Gasteiger partial charge in [0.2, 0.25) is 0 Å². The molecule has 0 bridgehead atoms. The first-order valence-corrected chi connectivity index (χ1v) is 5.09. The Balaban J connectivity index is 2.96. The second-order valence-electron chi connectivity index (χ2n) is 3.35. The van der Waals surface area contributed by atoms with E-state index in [2.05, 4.69) is 11.1 Å². The third-order valence-corrected chi connectivity index (χ3v) is 2.80. The van der Waals surface area contributed by atoms with Gasteiger partial charge < -0.3 is 4.74 Å². The van der Waals surface area contributed by atoms with Crippen LogP contribution in [0.25, 0.3) is 10.9 Å². The van der Waals surface area contributed by atoms with Crippen LogP contribution in [0.3, 0.4) is 0 Å². The molecule has 80 valence electrons. The highest BCUT2D eigenvalue weighted by molar-refractivity contribution is 6.37. The van der Waals surface area contributed by atoms with E-state index in [4.69, 9.17) is 21.6 Å². The number of pyridine rings is 1. The average molecular weight is 233 g/mol.